The Balaban J connectivity index is 1.58. The van der Waals surface area contributed by atoms with E-state index in [1.807, 2.05) is 11.8 Å². The number of thioether (sulfide) groups is 1. The van der Waals surface area contributed by atoms with Gasteiger partial charge < -0.3 is 5.32 Å². The molecule has 1 amide bonds. The molecule has 114 valence electrons. The minimum absolute atomic E-state index is 0.0349. The van der Waals surface area contributed by atoms with E-state index in [1.54, 1.807) is 0 Å². The third-order valence-electron chi connectivity index (χ3n) is 4.95. The summed E-state index contributed by atoms with van der Waals surface area (Å²) >= 11 is 14.0. The predicted molar refractivity (Wildman–Crippen MR) is 85.7 cm³/mol. The first-order valence-electron chi connectivity index (χ1n) is 7.52. The van der Waals surface area contributed by atoms with E-state index in [-0.39, 0.29) is 17.4 Å². The van der Waals surface area contributed by atoms with Crippen molar-refractivity contribution in [3.05, 3.63) is 0 Å². The van der Waals surface area contributed by atoms with Crippen molar-refractivity contribution in [3.63, 3.8) is 0 Å². The van der Waals surface area contributed by atoms with Crippen molar-refractivity contribution in [2.75, 3.05) is 31.1 Å². The van der Waals surface area contributed by atoms with Crippen LogP contribution in [0.15, 0.2) is 0 Å². The van der Waals surface area contributed by atoms with Gasteiger partial charge in [0, 0.05) is 36.7 Å². The molecule has 6 heteroatoms. The second-order valence-corrected chi connectivity index (χ2v) is 9.03. The molecule has 0 aromatic heterocycles. The Morgan fingerprint density at radius 2 is 1.85 bits per heavy atom. The maximum absolute atomic E-state index is 12.1. The van der Waals surface area contributed by atoms with Crippen LogP contribution in [0.25, 0.3) is 0 Å². The fourth-order valence-electron chi connectivity index (χ4n) is 3.55. The minimum Gasteiger partial charge on any atom is -0.354 e. The Bertz CT molecular complexity index is 379. The van der Waals surface area contributed by atoms with Crippen LogP contribution in [0.5, 0.6) is 0 Å². The largest absolute Gasteiger partial charge is 0.354 e. The number of hydrogen-bond acceptors (Lipinski definition) is 3. The molecule has 1 atom stereocenters. The summed E-state index contributed by atoms with van der Waals surface area (Å²) in [4.78, 5) is 14.7. The molecule has 0 aromatic carbocycles. The highest BCUT2D eigenvalue weighted by atomic mass is 35.5. The van der Waals surface area contributed by atoms with Crippen molar-refractivity contribution in [1.29, 1.82) is 0 Å². The molecule has 20 heavy (non-hydrogen) atoms. The molecule has 3 fully saturated rings. The Kier molecular flexibility index (Phi) is 4.48. The van der Waals surface area contributed by atoms with E-state index in [2.05, 4.69) is 10.2 Å². The maximum Gasteiger partial charge on any atom is 0.226 e. The van der Waals surface area contributed by atoms with Crippen molar-refractivity contribution in [3.8, 4) is 0 Å². The summed E-state index contributed by atoms with van der Waals surface area (Å²) in [5.74, 6) is 2.25. The molecule has 2 saturated carbocycles. The van der Waals surface area contributed by atoms with Gasteiger partial charge in [0.2, 0.25) is 5.91 Å². The van der Waals surface area contributed by atoms with Crippen molar-refractivity contribution in [2.24, 2.45) is 5.92 Å². The number of hydrogen-bond donors (Lipinski definition) is 1. The van der Waals surface area contributed by atoms with Crippen LogP contribution in [-0.2, 0) is 4.79 Å². The average molecular weight is 337 g/mol. The van der Waals surface area contributed by atoms with Crippen LogP contribution in [-0.4, -0.2) is 51.8 Å². The Hall–Kier alpha value is 0.360. The van der Waals surface area contributed by atoms with Gasteiger partial charge in [0.25, 0.3) is 0 Å². The van der Waals surface area contributed by atoms with Crippen LogP contribution < -0.4 is 5.32 Å². The number of nitrogens with zero attached hydrogens (tertiary/aromatic N) is 1. The highest BCUT2D eigenvalue weighted by Gasteiger charge is 2.56. The summed E-state index contributed by atoms with van der Waals surface area (Å²) in [5, 5.41) is 3.12. The van der Waals surface area contributed by atoms with Gasteiger partial charge in [0.15, 0.2) is 0 Å². The van der Waals surface area contributed by atoms with E-state index in [9.17, 15) is 4.79 Å². The molecule has 0 aromatic rings. The van der Waals surface area contributed by atoms with E-state index in [0.717, 1.165) is 19.6 Å². The van der Waals surface area contributed by atoms with Crippen molar-refractivity contribution in [2.45, 2.75) is 42.0 Å². The molecule has 3 rings (SSSR count). The van der Waals surface area contributed by atoms with Crippen LogP contribution in [0.1, 0.15) is 32.1 Å². The number of alkyl halides is 2. The molecule has 1 unspecified atom stereocenters. The van der Waals surface area contributed by atoms with Crippen LogP contribution in [0.3, 0.4) is 0 Å². The summed E-state index contributed by atoms with van der Waals surface area (Å²) < 4.78 is -0.811. The van der Waals surface area contributed by atoms with Gasteiger partial charge in [-0.15, -0.1) is 23.2 Å². The lowest BCUT2D eigenvalue weighted by molar-refractivity contribution is -0.123. The number of rotatable bonds is 4. The summed E-state index contributed by atoms with van der Waals surface area (Å²) in [6.07, 6.45) is 5.55. The predicted octanol–water partition coefficient (Wildman–Crippen LogP) is 2.66. The number of nitrogens with one attached hydrogen (secondary N) is 1. The Morgan fingerprint density at radius 3 is 2.40 bits per heavy atom. The normalized spacial score (nSPS) is 32.0. The van der Waals surface area contributed by atoms with Gasteiger partial charge in [0.05, 0.1) is 5.92 Å². The molecule has 0 spiro atoms. The van der Waals surface area contributed by atoms with E-state index < -0.39 is 4.33 Å². The fraction of sp³-hybridized carbons (Fsp3) is 0.929. The maximum atomic E-state index is 12.1. The summed E-state index contributed by atoms with van der Waals surface area (Å²) in [5.41, 5.74) is 0.187. The Labute approximate surface area is 135 Å². The average Bonchev–Trinajstić information content (AvgIpc) is 2.90. The van der Waals surface area contributed by atoms with Gasteiger partial charge in [-0.2, -0.15) is 11.8 Å². The minimum atomic E-state index is -0.811. The molecule has 0 radical (unpaired) electrons. The van der Waals surface area contributed by atoms with E-state index in [1.165, 1.54) is 37.2 Å². The molecule has 3 nitrogen and oxygen atoms in total. The number of carbonyl (C=O) groups is 1. The van der Waals surface area contributed by atoms with Crippen molar-refractivity contribution >= 4 is 40.9 Å². The van der Waals surface area contributed by atoms with Crippen LogP contribution in [0.2, 0.25) is 0 Å². The zero-order valence-electron chi connectivity index (χ0n) is 11.7. The highest BCUT2D eigenvalue weighted by molar-refractivity contribution is 7.99. The first kappa shape index (κ1) is 15.3. The molecular weight excluding hydrogens is 315 g/mol. The van der Waals surface area contributed by atoms with Crippen molar-refractivity contribution in [1.82, 2.24) is 10.2 Å². The van der Waals surface area contributed by atoms with Crippen LogP contribution in [0.4, 0.5) is 0 Å². The lowest BCUT2D eigenvalue weighted by atomic mass is 9.94. The molecule has 1 saturated heterocycles. The highest BCUT2D eigenvalue weighted by Crippen LogP contribution is 2.53. The molecule has 0 bridgehead atoms. The molecule has 1 heterocycles. The molecule has 2 aliphatic carbocycles. The summed E-state index contributed by atoms with van der Waals surface area (Å²) in [6, 6.07) is 0. The van der Waals surface area contributed by atoms with Gasteiger partial charge in [0.1, 0.15) is 4.33 Å². The standard InChI is InChI=1S/C14H22Cl2N2OS/c15-14(16)9-11(14)12(19)17-10-13(3-1-2-4-13)18-5-7-20-8-6-18/h11H,1-10H2,(H,17,19). The molecular formula is C14H22Cl2N2OS. The SMILES string of the molecule is O=C(NCC1(N2CCSCC2)CCCC1)C1CC1(Cl)Cl. The zero-order valence-corrected chi connectivity index (χ0v) is 14.0. The smallest absolute Gasteiger partial charge is 0.226 e. The molecule has 1 N–H and O–H groups in total. The summed E-state index contributed by atoms with van der Waals surface area (Å²) in [6.45, 7) is 3.06. The third-order valence-corrected chi connectivity index (χ3v) is 6.73. The first-order valence-corrected chi connectivity index (χ1v) is 9.43. The van der Waals surface area contributed by atoms with Gasteiger partial charge in [-0.3, -0.25) is 9.69 Å². The van der Waals surface area contributed by atoms with Gasteiger partial charge in [-0.05, 0) is 19.3 Å². The fourth-order valence-corrected chi connectivity index (χ4v) is 4.96. The first-order chi connectivity index (χ1) is 9.54. The topological polar surface area (TPSA) is 32.3 Å². The number of amides is 1. The Morgan fingerprint density at radius 1 is 1.25 bits per heavy atom. The summed E-state index contributed by atoms with van der Waals surface area (Å²) in [7, 11) is 0. The lowest BCUT2D eigenvalue weighted by Crippen LogP contribution is -2.56. The second-order valence-electron chi connectivity index (χ2n) is 6.27. The molecule has 1 aliphatic heterocycles. The van der Waals surface area contributed by atoms with Gasteiger partial charge in [-0.1, -0.05) is 12.8 Å². The second kappa shape index (κ2) is 5.86. The third kappa shape index (κ3) is 3.08. The zero-order chi connectivity index (χ0) is 14.2. The quantitative estimate of drug-likeness (QED) is 0.801. The van der Waals surface area contributed by atoms with E-state index >= 15 is 0 Å². The molecule has 3 aliphatic rings. The van der Waals surface area contributed by atoms with E-state index in [0.29, 0.717) is 6.42 Å². The van der Waals surface area contributed by atoms with E-state index in [4.69, 9.17) is 23.2 Å². The number of halogens is 2. The van der Waals surface area contributed by atoms with Crippen molar-refractivity contribution < 1.29 is 4.79 Å². The lowest BCUT2D eigenvalue weighted by Gasteiger charge is -2.43. The van der Waals surface area contributed by atoms with Crippen LogP contribution >= 0.6 is 35.0 Å². The van der Waals surface area contributed by atoms with Crippen LogP contribution in [0, 0.1) is 5.92 Å². The number of carbonyl (C=O) groups excluding carboxylic acids is 1. The van der Waals surface area contributed by atoms with Gasteiger partial charge in [-0.25, -0.2) is 0 Å². The monoisotopic (exact) mass is 336 g/mol. The van der Waals surface area contributed by atoms with Gasteiger partial charge >= 0.3 is 0 Å².